The Balaban J connectivity index is 1.33. The molecular formula is C24H25N5O2S. The third kappa shape index (κ3) is 3.38. The summed E-state index contributed by atoms with van der Waals surface area (Å²) in [6.45, 7) is 5.69. The summed E-state index contributed by atoms with van der Waals surface area (Å²) in [7, 11) is 0. The fourth-order valence-electron chi connectivity index (χ4n) is 5.05. The highest BCUT2D eigenvalue weighted by molar-refractivity contribution is 7.17. The van der Waals surface area contributed by atoms with Gasteiger partial charge in [0.1, 0.15) is 11.5 Å². The Morgan fingerprint density at radius 1 is 1.09 bits per heavy atom. The maximum Gasteiger partial charge on any atom is 0.277 e. The molecule has 0 amide bonds. The summed E-state index contributed by atoms with van der Waals surface area (Å²) >= 11 is 1.65. The summed E-state index contributed by atoms with van der Waals surface area (Å²) in [6.07, 6.45) is 6.44. The van der Waals surface area contributed by atoms with Crippen molar-refractivity contribution in [3.05, 3.63) is 45.7 Å². The summed E-state index contributed by atoms with van der Waals surface area (Å²) in [4.78, 5) is 32.2. The van der Waals surface area contributed by atoms with Crippen LogP contribution in [-0.4, -0.2) is 46.2 Å². The molecule has 1 spiro atoms. The maximum atomic E-state index is 13.0. The highest BCUT2D eigenvalue weighted by Gasteiger charge is 2.36. The quantitative estimate of drug-likeness (QED) is 0.493. The van der Waals surface area contributed by atoms with Crippen molar-refractivity contribution < 1.29 is 4.74 Å². The molecule has 7 nitrogen and oxygen atoms in total. The number of nitrogens with one attached hydrogen (secondary N) is 1. The summed E-state index contributed by atoms with van der Waals surface area (Å²) in [5, 5.41) is 3.13. The lowest BCUT2D eigenvalue weighted by Gasteiger charge is -2.44. The lowest BCUT2D eigenvalue weighted by atomic mass is 9.72. The van der Waals surface area contributed by atoms with Gasteiger partial charge in [-0.05, 0) is 72.6 Å². The molecule has 2 aliphatic heterocycles. The van der Waals surface area contributed by atoms with Crippen molar-refractivity contribution in [3.8, 4) is 11.5 Å². The first-order valence-corrected chi connectivity index (χ1v) is 12.1. The van der Waals surface area contributed by atoms with Gasteiger partial charge in [-0.2, -0.15) is 0 Å². The monoisotopic (exact) mass is 447 g/mol. The zero-order valence-electron chi connectivity index (χ0n) is 18.1. The van der Waals surface area contributed by atoms with Crippen LogP contribution in [0.3, 0.4) is 0 Å². The Labute approximate surface area is 189 Å². The van der Waals surface area contributed by atoms with Gasteiger partial charge in [0.2, 0.25) is 0 Å². The van der Waals surface area contributed by atoms with E-state index in [-0.39, 0.29) is 5.56 Å². The van der Waals surface area contributed by atoms with Gasteiger partial charge in [-0.25, -0.2) is 9.97 Å². The molecule has 0 aromatic carbocycles. The number of piperidine rings is 1. The summed E-state index contributed by atoms with van der Waals surface area (Å²) in [6, 6.07) is 6.08. The average molecular weight is 448 g/mol. The van der Waals surface area contributed by atoms with Crippen LogP contribution >= 0.6 is 11.3 Å². The average Bonchev–Trinajstić information content (AvgIpc) is 3.28. The number of anilines is 1. The first kappa shape index (κ1) is 19.8. The molecule has 2 saturated heterocycles. The van der Waals surface area contributed by atoms with Gasteiger partial charge in [-0.1, -0.05) is 0 Å². The Morgan fingerprint density at radius 3 is 2.72 bits per heavy atom. The first-order valence-electron chi connectivity index (χ1n) is 11.2. The number of nitrogens with zero attached hydrogens (tertiary/aromatic N) is 4. The van der Waals surface area contributed by atoms with Crippen LogP contribution in [0.4, 0.5) is 5.82 Å². The molecule has 2 fully saturated rings. The lowest BCUT2D eigenvalue weighted by Crippen LogP contribution is -2.43. The second kappa shape index (κ2) is 7.64. The smallest absolute Gasteiger partial charge is 0.277 e. The van der Waals surface area contributed by atoms with Gasteiger partial charge in [0.15, 0.2) is 11.3 Å². The molecule has 4 aromatic heterocycles. The van der Waals surface area contributed by atoms with Crippen LogP contribution in [0.5, 0.6) is 0 Å². The standard InChI is InChI=1S/C24H25N5O2S/c1-15-12-19(29-7-3-24(4-8-29)5-9-31-10-6-24)26-21-20(15)27-22(28-23(21)30)17-13-16-2-11-32-18(16)14-25-17/h2,11-14H,3-10H2,1H3,(H,27,28,30). The minimum Gasteiger partial charge on any atom is -0.381 e. The van der Waals surface area contributed by atoms with Crippen molar-refractivity contribution in [2.24, 2.45) is 5.41 Å². The lowest BCUT2D eigenvalue weighted by molar-refractivity contribution is 0.00206. The number of rotatable bonds is 2. The normalized spacial score (nSPS) is 18.6. The third-order valence-corrected chi connectivity index (χ3v) is 7.99. The van der Waals surface area contributed by atoms with E-state index in [9.17, 15) is 4.79 Å². The van der Waals surface area contributed by atoms with E-state index in [0.29, 0.717) is 28.0 Å². The van der Waals surface area contributed by atoms with E-state index in [4.69, 9.17) is 14.7 Å². The van der Waals surface area contributed by atoms with Gasteiger partial charge < -0.3 is 14.6 Å². The number of aromatic nitrogens is 4. The fraction of sp³-hybridized carbons (Fsp3) is 0.417. The van der Waals surface area contributed by atoms with Crippen molar-refractivity contribution in [1.29, 1.82) is 0 Å². The van der Waals surface area contributed by atoms with Crippen LogP contribution in [0.1, 0.15) is 31.2 Å². The van der Waals surface area contributed by atoms with E-state index in [0.717, 1.165) is 73.5 Å². The summed E-state index contributed by atoms with van der Waals surface area (Å²) in [5.41, 5.74) is 2.85. The zero-order chi connectivity index (χ0) is 21.7. The molecule has 0 bridgehead atoms. The van der Waals surface area contributed by atoms with E-state index in [1.165, 1.54) is 0 Å². The van der Waals surface area contributed by atoms with Crippen molar-refractivity contribution in [3.63, 3.8) is 0 Å². The van der Waals surface area contributed by atoms with Crippen LogP contribution in [0.2, 0.25) is 0 Å². The predicted octanol–water partition coefficient (Wildman–Crippen LogP) is 4.30. The topological polar surface area (TPSA) is 84.0 Å². The Hall–Kier alpha value is -2.84. The molecule has 32 heavy (non-hydrogen) atoms. The fourth-order valence-corrected chi connectivity index (χ4v) is 5.79. The van der Waals surface area contributed by atoms with E-state index in [2.05, 4.69) is 20.9 Å². The number of pyridine rings is 2. The van der Waals surface area contributed by atoms with Crippen molar-refractivity contribution in [2.75, 3.05) is 31.2 Å². The highest BCUT2D eigenvalue weighted by Crippen LogP contribution is 2.41. The molecule has 6 rings (SSSR count). The van der Waals surface area contributed by atoms with Crippen LogP contribution in [-0.2, 0) is 4.74 Å². The van der Waals surface area contributed by atoms with E-state index >= 15 is 0 Å². The summed E-state index contributed by atoms with van der Waals surface area (Å²) < 4.78 is 6.68. The predicted molar refractivity (Wildman–Crippen MR) is 127 cm³/mol. The molecule has 0 radical (unpaired) electrons. The largest absolute Gasteiger partial charge is 0.381 e. The molecule has 164 valence electrons. The summed E-state index contributed by atoms with van der Waals surface area (Å²) in [5.74, 6) is 1.35. The van der Waals surface area contributed by atoms with E-state index in [1.54, 1.807) is 11.3 Å². The molecule has 2 aliphatic rings. The molecule has 0 aliphatic carbocycles. The Morgan fingerprint density at radius 2 is 1.91 bits per heavy atom. The Kier molecular flexibility index (Phi) is 4.73. The molecule has 6 heterocycles. The van der Waals surface area contributed by atoms with Gasteiger partial charge in [0.05, 0.1) is 10.2 Å². The number of H-pyrrole nitrogens is 1. The number of aromatic amines is 1. The number of hydrogen-bond acceptors (Lipinski definition) is 7. The molecule has 4 aromatic rings. The van der Waals surface area contributed by atoms with Gasteiger partial charge in [0, 0.05) is 32.5 Å². The second-order valence-electron chi connectivity index (χ2n) is 9.04. The van der Waals surface area contributed by atoms with Crippen molar-refractivity contribution in [2.45, 2.75) is 32.6 Å². The first-order chi connectivity index (χ1) is 15.6. The molecule has 0 unspecified atom stereocenters. The minimum atomic E-state index is -0.222. The number of thiophene rings is 1. The van der Waals surface area contributed by atoms with Gasteiger partial charge >= 0.3 is 0 Å². The van der Waals surface area contributed by atoms with Gasteiger partial charge in [-0.3, -0.25) is 9.78 Å². The molecule has 1 N–H and O–H groups in total. The SMILES string of the molecule is Cc1cc(N2CCC3(CCOCC3)CC2)nc2c(=O)[nH]c(-c3cc4ccsc4cn3)nc12. The maximum absolute atomic E-state index is 13.0. The Bertz CT molecular complexity index is 1360. The van der Waals surface area contributed by atoms with E-state index in [1.807, 2.05) is 30.6 Å². The molecule has 0 atom stereocenters. The second-order valence-corrected chi connectivity index (χ2v) is 9.98. The van der Waals surface area contributed by atoms with Gasteiger partial charge in [-0.15, -0.1) is 11.3 Å². The number of hydrogen-bond donors (Lipinski definition) is 1. The highest BCUT2D eigenvalue weighted by atomic mass is 32.1. The number of fused-ring (bicyclic) bond motifs is 2. The van der Waals surface area contributed by atoms with Crippen LogP contribution in [0.15, 0.2) is 34.6 Å². The minimum absolute atomic E-state index is 0.222. The van der Waals surface area contributed by atoms with Crippen molar-refractivity contribution >= 4 is 38.3 Å². The van der Waals surface area contributed by atoms with Crippen molar-refractivity contribution in [1.82, 2.24) is 19.9 Å². The molecular weight excluding hydrogens is 422 g/mol. The molecule has 0 saturated carbocycles. The zero-order valence-corrected chi connectivity index (χ0v) is 18.9. The van der Waals surface area contributed by atoms with Gasteiger partial charge in [0.25, 0.3) is 5.56 Å². The number of aryl methyl sites for hydroxylation is 1. The molecule has 8 heteroatoms. The number of ether oxygens (including phenoxy) is 1. The van der Waals surface area contributed by atoms with Crippen LogP contribution in [0, 0.1) is 12.3 Å². The van der Waals surface area contributed by atoms with Crippen LogP contribution < -0.4 is 10.5 Å². The van der Waals surface area contributed by atoms with E-state index < -0.39 is 0 Å². The third-order valence-electron chi connectivity index (χ3n) is 7.12. The van der Waals surface area contributed by atoms with Crippen LogP contribution in [0.25, 0.3) is 32.6 Å².